The molecule has 1 aliphatic rings. The fourth-order valence-electron chi connectivity index (χ4n) is 2.30. The third kappa shape index (κ3) is 3.38. The maximum Gasteiger partial charge on any atom is 0.260 e. The largest absolute Gasteiger partial charge is 0.313 e. The quantitative estimate of drug-likeness (QED) is 0.790. The van der Waals surface area contributed by atoms with Crippen molar-refractivity contribution in [2.24, 2.45) is 0 Å². The Hall–Kier alpha value is -0.960. The second-order valence-corrected chi connectivity index (χ2v) is 6.94. The van der Waals surface area contributed by atoms with Gasteiger partial charge in [0.2, 0.25) is 0 Å². The lowest BCUT2D eigenvalue weighted by atomic mass is 10.3. The molecular weight excluding hydrogens is 278 g/mol. The normalized spacial score (nSPS) is 19.1. The Kier molecular flexibility index (Phi) is 5.14. The Balaban J connectivity index is 2.19. The van der Waals surface area contributed by atoms with Crippen LogP contribution in [0.2, 0.25) is 0 Å². The van der Waals surface area contributed by atoms with Gasteiger partial charge in [0.1, 0.15) is 0 Å². The number of rotatable bonds is 5. The highest BCUT2D eigenvalue weighted by Crippen LogP contribution is 2.19. The van der Waals surface area contributed by atoms with E-state index >= 15 is 0 Å². The zero-order valence-electron chi connectivity index (χ0n) is 12.1. The van der Waals surface area contributed by atoms with Crippen LogP contribution in [0.3, 0.4) is 0 Å². The molecule has 20 heavy (non-hydrogen) atoms. The highest BCUT2D eigenvalue weighted by molar-refractivity contribution is 7.89. The molecule has 0 saturated carbocycles. The van der Waals surface area contributed by atoms with Gasteiger partial charge < -0.3 is 10.2 Å². The van der Waals surface area contributed by atoms with Crippen LogP contribution in [0.25, 0.3) is 0 Å². The molecule has 1 aromatic heterocycles. The van der Waals surface area contributed by atoms with Crippen LogP contribution in [0.1, 0.15) is 18.9 Å². The van der Waals surface area contributed by atoms with Crippen LogP contribution in [0.4, 0.5) is 0 Å². The average Bonchev–Trinajstić information content (AvgIpc) is 2.78. The Morgan fingerprint density at radius 1 is 1.35 bits per heavy atom. The maximum absolute atomic E-state index is 12.7. The predicted octanol–water partition coefficient (Wildman–Crippen LogP) is -0.155. The highest BCUT2D eigenvalue weighted by atomic mass is 32.2. The third-order valence-electron chi connectivity index (χ3n) is 3.52. The van der Waals surface area contributed by atoms with E-state index in [1.807, 2.05) is 14.0 Å². The molecule has 0 atom stereocenters. The number of likely N-dealkylation sites (N-methyl/N-ethyl adjacent to an activating group) is 1. The molecule has 0 aromatic carbocycles. The minimum Gasteiger partial charge on any atom is -0.313 e. The minimum absolute atomic E-state index is 0.225. The molecule has 1 fully saturated rings. The molecule has 2 heterocycles. The summed E-state index contributed by atoms with van der Waals surface area (Å²) in [5.41, 5.74) is 0.699. The van der Waals surface area contributed by atoms with Crippen molar-refractivity contribution in [3.63, 3.8) is 0 Å². The molecule has 0 radical (unpaired) electrons. The summed E-state index contributed by atoms with van der Waals surface area (Å²) < 4.78 is 27.0. The Labute approximate surface area is 120 Å². The molecule has 7 nitrogen and oxygen atoms in total. The lowest BCUT2D eigenvalue weighted by Crippen LogP contribution is -2.35. The number of nitrogens with one attached hydrogen (secondary N) is 2. The van der Waals surface area contributed by atoms with Crippen LogP contribution in [0.5, 0.6) is 0 Å². The van der Waals surface area contributed by atoms with Gasteiger partial charge >= 0.3 is 0 Å². The van der Waals surface area contributed by atoms with Gasteiger partial charge in [0.25, 0.3) is 10.0 Å². The lowest BCUT2D eigenvalue weighted by molar-refractivity contribution is 0.347. The molecule has 2 N–H and O–H groups in total. The van der Waals surface area contributed by atoms with E-state index in [9.17, 15) is 8.42 Å². The van der Waals surface area contributed by atoms with Gasteiger partial charge in [0.05, 0.1) is 6.20 Å². The van der Waals surface area contributed by atoms with Gasteiger partial charge in [-0.1, -0.05) is 6.92 Å². The van der Waals surface area contributed by atoms with E-state index in [0.717, 1.165) is 26.1 Å². The topological polar surface area (TPSA) is 81.3 Å². The van der Waals surface area contributed by atoms with E-state index in [0.29, 0.717) is 25.2 Å². The van der Waals surface area contributed by atoms with E-state index < -0.39 is 10.0 Å². The molecule has 1 saturated heterocycles. The third-order valence-corrected chi connectivity index (χ3v) is 5.43. The summed E-state index contributed by atoms with van der Waals surface area (Å²) in [6.07, 6.45) is 2.44. The summed E-state index contributed by atoms with van der Waals surface area (Å²) in [5.74, 6) is 0. The molecule has 8 heteroatoms. The van der Waals surface area contributed by atoms with Crippen LogP contribution < -0.4 is 5.32 Å². The Morgan fingerprint density at radius 2 is 2.15 bits per heavy atom. The van der Waals surface area contributed by atoms with Gasteiger partial charge in [-0.25, -0.2) is 8.42 Å². The molecule has 114 valence electrons. The second kappa shape index (κ2) is 6.66. The number of hydrogen-bond donors (Lipinski definition) is 2. The highest BCUT2D eigenvalue weighted by Gasteiger charge is 2.29. The van der Waals surface area contributed by atoms with Crippen molar-refractivity contribution < 1.29 is 8.42 Å². The number of H-pyrrole nitrogens is 1. The van der Waals surface area contributed by atoms with Gasteiger partial charge in [-0.15, -0.1) is 0 Å². The first-order chi connectivity index (χ1) is 9.55. The number of sulfonamides is 1. The molecule has 1 aromatic rings. The monoisotopic (exact) mass is 301 g/mol. The van der Waals surface area contributed by atoms with E-state index in [1.165, 1.54) is 0 Å². The van der Waals surface area contributed by atoms with Gasteiger partial charge in [0, 0.05) is 31.7 Å². The van der Waals surface area contributed by atoms with E-state index in [-0.39, 0.29) is 5.03 Å². The fourth-order valence-corrected chi connectivity index (χ4v) is 3.87. The fraction of sp³-hybridized carbons (Fsp3) is 0.750. The van der Waals surface area contributed by atoms with Crippen LogP contribution in [0, 0.1) is 0 Å². The number of aromatic nitrogens is 2. The van der Waals surface area contributed by atoms with Crippen molar-refractivity contribution in [3.8, 4) is 0 Å². The predicted molar refractivity (Wildman–Crippen MR) is 76.8 cm³/mol. The van der Waals surface area contributed by atoms with Crippen LogP contribution >= 0.6 is 0 Å². The molecule has 1 aliphatic heterocycles. The summed E-state index contributed by atoms with van der Waals surface area (Å²) in [6.45, 7) is 6.06. The maximum atomic E-state index is 12.7. The standard InChI is InChI=1S/C12H23N5O2S/c1-3-13-9-11-10-14-15-12(11)20(18,19)17-6-4-5-16(2)7-8-17/h10,13H,3-9H2,1-2H3,(H,14,15). The van der Waals surface area contributed by atoms with E-state index in [2.05, 4.69) is 20.4 Å². The molecule has 0 aliphatic carbocycles. The van der Waals surface area contributed by atoms with Crippen LogP contribution in [0.15, 0.2) is 11.2 Å². The zero-order chi connectivity index (χ0) is 14.6. The van der Waals surface area contributed by atoms with Gasteiger partial charge in [-0.2, -0.15) is 9.40 Å². The zero-order valence-corrected chi connectivity index (χ0v) is 12.9. The van der Waals surface area contributed by atoms with Gasteiger partial charge in [-0.05, 0) is 26.6 Å². The van der Waals surface area contributed by atoms with Crippen molar-refractivity contribution in [3.05, 3.63) is 11.8 Å². The first-order valence-electron chi connectivity index (χ1n) is 6.97. The number of hydrogen-bond acceptors (Lipinski definition) is 5. The molecule has 0 spiro atoms. The molecule has 2 rings (SSSR count). The Bertz CT molecular complexity index is 528. The van der Waals surface area contributed by atoms with Crippen molar-refractivity contribution in [2.45, 2.75) is 24.9 Å². The first-order valence-corrected chi connectivity index (χ1v) is 8.41. The summed E-state index contributed by atoms with van der Waals surface area (Å²) >= 11 is 0. The van der Waals surface area contributed by atoms with Crippen molar-refractivity contribution in [1.82, 2.24) is 24.7 Å². The SMILES string of the molecule is CCNCc1cn[nH]c1S(=O)(=O)N1CCCN(C)CC1. The summed E-state index contributed by atoms with van der Waals surface area (Å²) in [7, 11) is -1.46. The van der Waals surface area contributed by atoms with E-state index in [4.69, 9.17) is 0 Å². The molecular formula is C12H23N5O2S. The van der Waals surface area contributed by atoms with E-state index in [1.54, 1.807) is 10.5 Å². The van der Waals surface area contributed by atoms with Crippen molar-refractivity contribution in [2.75, 3.05) is 39.8 Å². The van der Waals surface area contributed by atoms with Crippen LogP contribution in [-0.4, -0.2) is 67.6 Å². The smallest absolute Gasteiger partial charge is 0.260 e. The van der Waals surface area contributed by atoms with Crippen LogP contribution in [-0.2, 0) is 16.6 Å². The summed E-state index contributed by atoms with van der Waals surface area (Å²) in [4.78, 5) is 2.15. The molecule has 0 unspecified atom stereocenters. The lowest BCUT2D eigenvalue weighted by Gasteiger charge is -2.19. The number of nitrogens with zero attached hydrogens (tertiary/aromatic N) is 3. The number of aromatic amines is 1. The van der Waals surface area contributed by atoms with Gasteiger partial charge in [-0.3, -0.25) is 5.10 Å². The van der Waals surface area contributed by atoms with Crippen molar-refractivity contribution in [1.29, 1.82) is 0 Å². The average molecular weight is 301 g/mol. The van der Waals surface area contributed by atoms with Crippen molar-refractivity contribution >= 4 is 10.0 Å². The minimum atomic E-state index is -3.48. The molecule has 0 bridgehead atoms. The summed E-state index contributed by atoms with van der Waals surface area (Å²) in [5, 5.41) is 9.90. The Morgan fingerprint density at radius 3 is 2.90 bits per heavy atom. The summed E-state index contributed by atoms with van der Waals surface area (Å²) in [6, 6.07) is 0. The second-order valence-electron chi connectivity index (χ2n) is 5.07. The first kappa shape index (κ1) is 15.4. The molecule has 0 amide bonds. The van der Waals surface area contributed by atoms with Gasteiger partial charge in [0.15, 0.2) is 5.03 Å².